The maximum Gasteiger partial charge on any atom is 0.139 e. The van der Waals surface area contributed by atoms with Gasteiger partial charge in [0.05, 0.1) is 0 Å². The monoisotopic (exact) mass is 288 g/mol. The molecule has 0 spiro atoms. The second-order valence-corrected chi connectivity index (χ2v) is 8.23. The highest BCUT2D eigenvalue weighted by molar-refractivity contribution is 5.87. The van der Waals surface area contributed by atoms with E-state index in [-0.39, 0.29) is 5.41 Å². The van der Waals surface area contributed by atoms with Crippen molar-refractivity contribution < 1.29 is 9.59 Å². The number of Topliss-reactive ketones (excluding diaryl/α,β-unsaturated/α-hetero) is 2. The summed E-state index contributed by atoms with van der Waals surface area (Å²) in [6.45, 7) is 2.24. The van der Waals surface area contributed by atoms with E-state index in [9.17, 15) is 9.59 Å². The molecule has 4 saturated carbocycles. The van der Waals surface area contributed by atoms with Crippen LogP contribution in [0.1, 0.15) is 71.1 Å². The van der Waals surface area contributed by atoms with E-state index in [1.165, 1.54) is 19.3 Å². The Hall–Kier alpha value is -0.660. The van der Waals surface area contributed by atoms with Gasteiger partial charge in [0.2, 0.25) is 0 Å². The molecule has 0 bridgehead atoms. The number of rotatable bonds is 1. The summed E-state index contributed by atoms with van der Waals surface area (Å²) in [6, 6.07) is 0. The first kappa shape index (κ1) is 14.0. The molecule has 2 nitrogen and oxygen atoms in total. The van der Waals surface area contributed by atoms with Crippen molar-refractivity contribution in [2.45, 2.75) is 71.1 Å². The molecule has 0 N–H and O–H groups in total. The molecule has 0 radical (unpaired) electrons. The third-order valence-electron chi connectivity index (χ3n) is 7.84. The summed E-state index contributed by atoms with van der Waals surface area (Å²) in [5, 5.41) is 0. The average molecular weight is 288 g/mol. The van der Waals surface area contributed by atoms with Crippen LogP contribution in [0.4, 0.5) is 0 Å². The molecule has 0 aromatic rings. The van der Waals surface area contributed by atoms with Crippen LogP contribution in [0.3, 0.4) is 0 Å². The quantitative estimate of drug-likeness (QED) is 0.726. The molecule has 6 atom stereocenters. The summed E-state index contributed by atoms with van der Waals surface area (Å²) in [6.07, 6.45) is 10.8. The highest BCUT2D eigenvalue weighted by atomic mass is 16.1. The zero-order chi connectivity index (χ0) is 14.6. The highest BCUT2D eigenvalue weighted by Gasteiger charge is 2.58. The zero-order valence-corrected chi connectivity index (χ0v) is 13.3. The lowest BCUT2D eigenvalue weighted by molar-refractivity contribution is -0.136. The van der Waals surface area contributed by atoms with E-state index in [2.05, 4.69) is 6.92 Å². The van der Waals surface area contributed by atoms with Crippen molar-refractivity contribution in [3.8, 4) is 0 Å². The van der Waals surface area contributed by atoms with Gasteiger partial charge >= 0.3 is 0 Å². The van der Waals surface area contributed by atoms with Gasteiger partial charge in [-0.05, 0) is 74.5 Å². The van der Waals surface area contributed by atoms with E-state index in [1.54, 1.807) is 0 Å². The first-order valence-electron chi connectivity index (χ1n) is 9.20. The fourth-order valence-corrected chi connectivity index (χ4v) is 6.88. The topological polar surface area (TPSA) is 34.1 Å². The van der Waals surface area contributed by atoms with Gasteiger partial charge in [0.1, 0.15) is 11.6 Å². The fraction of sp³-hybridized carbons (Fsp3) is 0.895. The van der Waals surface area contributed by atoms with Crippen LogP contribution in [0.25, 0.3) is 0 Å². The lowest BCUT2D eigenvalue weighted by Crippen LogP contribution is -2.49. The highest BCUT2D eigenvalue weighted by Crippen LogP contribution is 2.62. The Morgan fingerprint density at radius 2 is 1.81 bits per heavy atom. The molecular weight excluding hydrogens is 260 g/mol. The number of carbonyl (C=O) groups excluding carboxylic acids is 2. The Kier molecular flexibility index (Phi) is 3.28. The Labute approximate surface area is 128 Å². The molecule has 116 valence electrons. The molecule has 4 fully saturated rings. The Bertz CT molecular complexity index is 468. The molecule has 0 heterocycles. The van der Waals surface area contributed by atoms with Crippen molar-refractivity contribution in [2.24, 2.45) is 35.0 Å². The Morgan fingerprint density at radius 1 is 0.952 bits per heavy atom. The normalized spacial score (nSPS) is 49.5. The van der Waals surface area contributed by atoms with Crippen LogP contribution in [-0.2, 0) is 9.59 Å². The van der Waals surface area contributed by atoms with Crippen molar-refractivity contribution in [1.82, 2.24) is 0 Å². The Morgan fingerprint density at radius 3 is 2.62 bits per heavy atom. The minimum absolute atomic E-state index is 0.0541. The summed E-state index contributed by atoms with van der Waals surface area (Å²) >= 11 is 0. The SMILES string of the molecule is CC[C@]12CC[C@@H]3C4CCC(=O)CC4CCC3[C@@H]1CCC2=O. The van der Waals surface area contributed by atoms with E-state index in [4.69, 9.17) is 0 Å². The van der Waals surface area contributed by atoms with Crippen LogP contribution < -0.4 is 0 Å². The number of hydrogen-bond acceptors (Lipinski definition) is 2. The molecule has 4 aliphatic carbocycles. The minimum Gasteiger partial charge on any atom is -0.300 e. The van der Waals surface area contributed by atoms with Crippen molar-refractivity contribution in [1.29, 1.82) is 0 Å². The molecule has 3 unspecified atom stereocenters. The van der Waals surface area contributed by atoms with Gasteiger partial charge in [0.25, 0.3) is 0 Å². The van der Waals surface area contributed by atoms with Crippen molar-refractivity contribution >= 4 is 11.6 Å². The van der Waals surface area contributed by atoms with Gasteiger partial charge in [-0.25, -0.2) is 0 Å². The van der Waals surface area contributed by atoms with E-state index < -0.39 is 0 Å². The molecule has 4 aliphatic rings. The van der Waals surface area contributed by atoms with E-state index in [0.29, 0.717) is 23.4 Å². The summed E-state index contributed by atoms with van der Waals surface area (Å²) in [4.78, 5) is 24.3. The molecular formula is C19H28O2. The second kappa shape index (κ2) is 4.93. The maximum atomic E-state index is 12.5. The van der Waals surface area contributed by atoms with Crippen molar-refractivity contribution in [3.05, 3.63) is 0 Å². The third-order valence-corrected chi connectivity index (χ3v) is 7.84. The van der Waals surface area contributed by atoms with Gasteiger partial charge in [-0.15, -0.1) is 0 Å². The third kappa shape index (κ3) is 1.90. The number of ketones is 2. The molecule has 2 heteroatoms. The molecule has 0 aromatic heterocycles. The van der Waals surface area contributed by atoms with Crippen LogP contribution in [0.2, 0.25) is 0 Å². The number of fused-ring (bicyclic) bond motifs is 5. The van der Waals surface area contributed by atoms with E-state index >= 15 is 0 Å². The predicted molar refractivity (Wildman–Crippen MR) is 81.7 cm³/mol. The minimum atomic E-state index is 0.0541. The Balaban J connectivity index is 1.60. The van der Waals surface area contributed by atoms with Crippen LogP contribution in [0.5, 0.6) is 0 Å². The molecule has 0 saturated heterocycles. The van der Waals surface area contributed by atoms with Crippen LogP contribution in [0.15, 0.2) is 0 Å². The summed E-state index contributed by atoms with van der Waals surface area (Å²) in [7, 11) is 0. The standard InChI is InChI=1S/C19H28O2/c1-2-19-10-9-15-14-6-4-13(20)11-12(14)3-5-16(15)17(19)7-8-18(19)21/h12,14-17H,2-11H2,1H3/t12?,14?,15-,16?,17+,19+/m1/s1. The van der Waals surface area contributed by atoms with Gasteiger partial charge in [0.15, 0.2) is 0 Å². The van der Waals surface area contributed by atoms with Gasteiger partial charge in [-0.1, -0.05) is 6.92 Å². The molecule has 0 aliphatic heterocycles. The van der Waals surface area contributed by atoms with Crippen molar-refractivity contribution in [2.75, 3.05) is 0 Å². The van der Waals surface area contributed by atoms with Gasteiger partial charge in [-0.2, -0.15) is 0 Å². The average Bonchev–Trinajstić information content (AvgIpc) is 2.84. The first-order chi connectivity index (χ1) is 10.2. The van der Waals surface area contributed by atoms with Crippen molar-refractivity contribution in [3.63, 3.8) is 0 Å². The van der Waals surface area contributed by atoms with Crippen LogP contribution >= 0.6 is 0 Å². The lowest BCUT2D eigenvalue weighted by Gasteiger charge is -2.54. The number of carbonyl (C=O) groups is 2. The van der Waals surface area contributed by atoms with Gasteiger partial charge in [-0.3, -0.25) is 9.59 Å². The molecule has 21 heavy (non-hydrogen) atoms. The largest absolute Gasteiger partial charge is 0.300 e. The predicted octanol–water partition coefficient (Wildman–Crippen LogP) is 4.17. The fourth-order valence-electron chi connectivity index (χ4n) is 6.88. The smallest absolute Gasteiger partial charge is 0.139 e. The van der Waals surface area contributed by atoms with E-state index in [1.807, 2.05) is 0 Å². The van der Waals surface area contributed by atoms with Gasteiger partial charge < -0.3 is 0 Å². The molecule has 0 amide bonds. The second-order valence-electron chi connectivity index (χ2n) is 8.23. The maximum absolute atomic E-state index is 12.5. The molecule has 4 rings (SSSR count). The van der Waals surface area contributed by atoms with Crippen LogP contribution in [0, 0.1) is 35.0 Å². The number of hydrogen-bond donors (Lipinski definition) is 0. The lowest BCUT2D eigenvalue weighted by atomic mass is 9.50. The summed E-state index contributed by atoms with van der Waals surface area (Å²) in [5.74, 6) is 4.85. The van der Waals surface area contributed by atoms with Gasteiger partial charge in [0, 0.05) is 24.7 Å². The zero-order valence-electron chi connectivity index (χ0n) is 13.3. The summed E-state index contributed by atoms with van der Waals surface area (Å²) in [5.41, 5.74) is 0.0541. The van der Waals surface area contributed by atoms with Crippen LogP contribution in [-0.4, -0.2) is 11.6 Å². The first-order valence-corrected chi connectivity index (χ1v) is 9.20. The van der Waals surface area contributed by atoms with E-state index in [0.717, 1.165) is 62.7 Å². The molecule has 0 aromatic carbocycles. The summed E-state index contributed by atoms with van der Waals surface area (Å²) < 4.78 is 0.